The second kappa shape index (κ2) is 4.31. The molecule has 0 unspecified atom stereocenters. The van der Waals surface area contributed by atoms with Crippen LogP contribution >= 0.6 is 11.6 Å². The quantitative estimate of drug-likeness (QED) is 0.664. The van der Waals surface area contributed by atoms with E-state index in [0.717, 1.165) is 11.3 Å². The largest absolute Gasteiger partial charge is 0.496 e. The van der Waals surface area contributed by atoms with Crippen molar-refractivity contribution in [1.29, 1.82) is 0 Å². The normalized spacial score (nSPS) is 10.8. The van der Waals surface area contributed by atoms with Crippen LogP contribution in [0.25, 0.3) is 17.0 Å². The molecule has 90 valence electrons. The summed E-state index contributed by atoms with van der Waals surface area (Å²) in [5.41, 5.74) is 1.57. The Bertz CT molecular complexity index is 708. The topological polar surface area (TPSA) is 39.4 Å². The van der Waals surface area contributed by atoms with Gasteiger partial charge in [0.05, 0.1) is 12.7 Å². The summed E-state index contributed by atoms with van der Waals surface area (Å²) < 4.78 is 7.12. The number of hydrogen-bond donors (Lipinski definition) is 0. The lowest BCUT2D eigenvalue weighted by molar-refractivity contribution is 0.416. The van der Waals surface area contributed by atoms with Crippen LogP contribution in [-0.4, -0.2) is 21.7 Å². The van der Waals surface area contributed by atoms with Gasteiger partial charge in [-0.05, 0) is 24.3 Å². The van der Waals surface area contributed by atoms with Gasteiger partial charge in [0.15, 0.2) is 11.5 Å². The van der Waals surface area contributed by atoms with Crippen LogP contribution in [0.1, 0.15) is 0 Å². The van der Waals surface area contributed by atoms with Crippen LogP contribution in [0, 0.1) is 0 Å². The maximum atomic E-state index is 6.19. The van der Waals surface area contributed by atoms with Crippen molar-refractivity contribution < 1.29 is 4.74 Å². The van der Waals surface area contributed by atoms with Crippen molar-refractivity contribution in [1.82, 2.24) is 14.6 Å². The van der Waals surface area contributed by atoms with Gasteiger partial charge in [-0.1, -0.05) is 29.8 Å². The molecule has 0 radical (unpaired) electrons. The van der Waals surface area contributed by atoms with E-state index in [1.54, 1.807) is 17.6 Å². The van der Waals surface area contributed by atoms with Gasteiger partial charge in [-0.25, -0.2) is 0 Å². The molecular formula is C13H10ClN3O. The molecule has 0 amide bonds. The van der Waals surface area contributed by atoms with Crippen LogP contribution in [-0.2, 0) is 0 Å². The fraction of sp³-hybridized carbons (Fsp3) is 0.0769. The molecule has 3 rings (SSSR count). The molecule has 0 saturated heterocycles. The summed E-state index contributed by atoms with van der Waals surface area (Å²) in [5.74, 6) is 1.42. The van der Waals surface area contributed by atoms with E-state index in [2.05, 4.69) is 10.2 Å². The number of halogens is 1. The van der Waals surface area contributed by atoms with Crippen LogP contribution in [0.15, 0.2) is 42.5 Å². The van der Waals surface area contributed by atoms with Gasteiger partial charge < -0.3 is 4.74 Å². The molecule has 0 aliphatic heterocycles. The van der Waals surface area contributed by atoms with Crippen LogP contribution in [0.2, 0.25) is 5.15 Å². The van der Waals surface area contributed by atoms with Gasteiger partial charge in [-0.15, -0.1) is 10.2 Å². The highest BCUT2D eigenvalue weighted by atomic mass is 35.5. The third-order valence-electron chi connectivity index (χ3n) is 2.73. The monoisotopic (exact) mass is 259 g/mol. The van der Waals surface area contributed by atoms with E-state index in [1.165, 1.54) is 0 Å². The van der Waals surface area contributed by atoms with Crippen LogP contribution in [0.5, 0.6) is 5.75 Å². The molecule has 0 saturated carbocycles. The summed E-state index contributed by atoms with van der Waals surface area (Å²) in [6, 6.07) is 13.2. The van der Waals surface area contributed by atoms with Crippen LogP contribution in [0.3, 0.4) is 0 Å². The molecule has 0 bridgehead atoms. The second-order valence-corrected chi connectivity index (χ2v) is 4.15. The SMILES string of the molecule is COc1ccccc1-c1nnc2cccc(Cl)n12. The summed E-state index contributed by atoms with van der Waals surface area (Å²) in [5, 5.41) is 8.86. The number of nitrogens with zero attached hydrogens (tertiary/aromatic N) is 3. The van der Waals surface area contributed by atoms with Gasteiger partial charge in [0.2, 0.25) is 0 Å². The summed E-state index contributed by atoms with van der Waals surface area (Å²) >= 11 is 6.19. The third-order valence-corrected chi connectivity index (χ3v) is 3.02. The predicted molar refractivity (Wildman–Crippen MR) is 70.0 cm³/mol. The maximum absolute atomic E-state index is 6.19. The zero-order valence-corrected chi connectivity index (χ0v) is 10.4. The average Bonchev–Trinajstić information content (AvgIpc) is 2.84. The number of rotatable bonds is 2. The summed E-state index contributed by atoms with van der Waals surface area (Å²) in [6.07, 6.45) is 0. The molecule has 0 aliphatic carbocycles. The van der Waals surface area contributed by atoms with E-state index in [1.807, 2.05) is 36.4 Å². The lowest BCUT2D eigenvalue weighted by atomic mass is 10.2. The molecule has 4 nitrogen and oxygen atoms in total. The Labute approximate surface area is 109 Å². The number of aromatic nitrogens is 3. The Hall–Kier alpha value is -2.07. The van der Waals surface area contributed by atoms with Gasteiger partial charge in [-0.3, -0.25) is 4.40 Å². The van der Waals surface area contributed by atoms with Gasteiger partial charge in [-0.2, -0.15) is 0 Å². The molecule has 18 heavy (non-hydrogen) atoms. The zero-order valence-electron chi connectivity index (χ0n) is 9.67. The smallest absolute Gasteiger partial charge is 0.173 e. The molecule has 2 heterocycles. The van der Waals surface area contributed by atoms with Crippen molar-refractivity contribution in [2.75, 3.05) is 7.11 Å². The van der Waals surface area contributed by atoms with Crippen LogP contribution < -0.4 is 4.74 Å². The predicted octanol–water partition coefficient (Wildman–Crippen LogP) is 3.06. The van der Waals surface area contributed by atoms with Gasteiger partial charge in [0.1, 0.15) is 10.9 Å². The van der Waals surface area contributed by atoms with Crippen molar-refractivity contribution in [2.24, 2.45) is 0 Å². The Morgan fingerprint density at radius 1 is 1.06 bits per heavy atom. The minimum absolute atomic E-state index is 0.568. The molecule has 0 N–H and O–H groups in total. The summed E-state index contributed by atoms with van der Waals surface area (Å²) in [6.45, 7) is 0. The molecule has 0 atom stereocenters. The highest BCUT2D eigenvalue weighted by Gasteiger charge is 2.13. The molecule has 0 aliphatic rings. The minimum Gasteiger partial charge on any atom is -0.496 e. The minimum atomic E-state index is 0.568. The Balaban J connectivity index is 2.32. The van der Waals surface area contributed by atoms with Crippen LogP contribution in [0.4, 0.5) is 0 Å². The number of hydrogen-bond acceptors (Lipinski definition) is 3. The van der Waals surface area contributed by atoms with Crippen molar-refractivity contribution in [3.8, 4) is 17.1 Å². The Kier molecular flexibility index (Phi) is 2.64. The maximum Gasteiger partial charge on any atom is 0.173 e. The van der Waals surface area contributed by atoms with Crippen molar-refractivity contribution in [2.45, 2.75) is 0 Å². The van der Waals surface area contributed by atoms with E-state index in [4.69, 9.17) is 16.3 Å². The average molecular weight is 260 g/mol. The first-order valence-electron chi connectivity index (χ1n) is 5.44. The van der Waals surface area contributed by atoms with Gasteiger partial charge in [0.25, 0.3) is 0 Å². The van der Waals surface area contributed by atoms with E-state index in [-0.39, 0.29) is 0 Å². The highest BCUT2D eigenvalue weighted by molar-refractivity contribution is 6.29. The number of para-hydroxylation sites is 1. The van der Waals surface area contributed by atoms with E-state index in [0.29, 0.717) is 16.6 Å². The summed E-state index contributed by atoms with van der Waals surface area (Å²) in [4.78, 5) is 0. The van der Waals surface area contributed by atoms with Crippen molar-refractivity contribution in [3.63, 3.8) is 0 Å². The number of pyridine rings is 1. The fourth-order valence-corrected chi connectivity index (χ4v) is 2.15. The molecule has 3 aromatic rings. The van der Waals surface area contributed by atoms with Crippen molar-refractivity contribution in [3.05, 3.63) is 47.6 Å². The van der Waals surface area contributed by atoms with E-state index < -0.39 is 0 Å². The first-order valence-corrected chi connectivity index (χ1v) is 5.82. The first-order chi connectivity index (χ1) is 8.81. The molecule has 2 aromatic heterocycles. The Morgan fingerprint density at radius 3 is 2.72 bits per heavy atom. The van der Waals surface area contributed by atoms with Gasteiger partial charge >= 0.3 is 0 Å². The van der Waals surface area contributed by atoms with Crippen molar-refractivity contribution >= 4 is 17.2 Å². The van der Waals surface area contributed by atoms with E-state index >= 15 is 0 Å². The standard InChI is InChI=1S/C13H10ClN3O/c1-18-10-6-3-2-5-9(10)13-16-15-12-8-4-7-11(14)17(12)13/h2-8H,1H3. The lowest BCUT2D eigenvalue weighted by Crippen LogP contribution is -1.94. The molecular weight excluding hydrogens is 250 g/mol. The number of benzene rings is 1. The highest BCUT2D eigenvalue weighted by Crippen LogP contribution is 2.29. The number of methoxy groups -OCH3 is 1. The molecule has 1 aromatic carbocycles. The second-order valence-electron chi connectivity index (χ2n) is 3.77. The number of fused-ring (bicyclic) bond motifs is 1. The number of ether oxygens (including phenoxy) is 1. The zero-order chi connectivity index (χ0) is 12.5. The third kappa shape index (κ3) is 1.62. The fourth-order valence-electron chi connectivity index (χ4n) is 1.91. The molecule has 0 spiro atoms. The molecule has 0 fully saturated rings. The first kappa shape index (κ1) is 11.0. The lowest BCUT2D eigenvalue weighted by Gasteiger charge is -2.07. The van der Waals surface area contributed by atoms with E-state index in [9.17, 15) is 0 Å². The van der Waals surface area contributed by atoms with Gasteiger partial charge in [0, 0.05) is 0 Å². The summed E-state index contributed by atoms with van der Waals surface area (Å²) in [7, 11) is 1.63. The molecule has 5 heteroatoms. The Morgan fingerprint density at radius 2 is 1.89 bits per heavy atom.